The van der Waals surface area contributed by atoms with E-state index in [1.807, 2.05) is 11.8 Å². The lowest BCUT2D eigenvalue weighted by molar-refractivity contribution is 0.285. The van der Waals surface area contributed by atoms with Gasteiger partial charge in [0.1, 0.15) is 4.21 Å². The monoisotopic (exact) mass is 293 g/mol. The predicted molar refractivity (Wildman–Crippen MR) is 70.9 cm³/mol. The molecule has 1 fully saturated rings. The van der Waals surface area contributed by atoms with Crippen molar-refractivity contribution < 1.29 is 13.5 Å². The summed E-state index contributed by atoms with van der Waals surface area (Å²) < 4.78 is 26.8. The molecular weight excluding hydrogens is 278 g/mol. The van der Waals surface area contributed by atoms with E-state index in [1.165, 1.54) is 0 Å². The van der Waals surface area contributed by atoms with Crippen LogP contribution in [-0.2, 0) is 16.6 Å². The fourth-order valence-electron chi connectivity index (χ4n) is 1.63. The Balaban J connectivity index is 1.97. The van der Waals surface area contributed by atoms with Crippen LogP contribution < -0.4 is 4.72 Å². The molecule has 0 radical (unpaired) electrons. The van der Waals surface area contributed by atoms with E-state index in [-0.39, 0.29) is 10.8 Å². The Labute approximate surface area is 109 Å². The number of nitrogens with one attached hydrogen (secondary N) is 1. The van der Waals surface area contributed by atoms with Gasteiger partial charge in [-0.25, -0.2) is 13.1 Å². The molecule has 0 aromatic carbocycles. The van der Waals surface area contributed by atoms with Gasteiger partial charge in [0.15, 0.2) is 0 Å². The molecule has 0 saturated carbocycles. The van der Waals surface area contributed by atoms with Crippen LogP contribution in [0.15, 0.2) is 16.3 Å². The highest BCUT2D eigenvalue weighted by atomic mass is 32.2. The molecule has 1 aliphatic heterocycles. The molecule has 2 heterocycles. The molecule has 1 aliphatic rings. The summed E-state index contributed by atoms with van der Waals surface area (Å²) in [5.41, 5.74) is 0. The van der Waals surface area contributed by atoms with E-state index in [0.717, 1.165) is 29.3 Å². The summed E-state index contributed by atoms with van der Waals surface area (Å²) in [7, 11) is -3.39. The molecule has 0 bridgehead atoms. The number of hydrogen-bond donors (Lipinski definition) is 2. The van der Waals surface area contributed by atoms with Crippen molar-refractivity contribution in [2.45, 2.75) is 17.2 Å². The molecule has 0 spiro atoms. The SMILES string of the molecule is O=S(=O)(NCC1CCSC1)c1ccc(CO)s1. The zero-order valence-corrected chi connectivity index (χ0v) is 11.7. The van der Waals surface area contributed by atoms with Crippen molar-refractivity contribution in [2.24, 2.45) is 5.92 Å². The predicted octanol–water partition coefficient (Wildman–Crippen LogP) is 1.27. The minimum Gasteiger partial charge on any atom is -0.391 e. The standard InChI is InChI=1S/C10H15NO3S3/c12-6-9-1-2-10(16-9)17(13,14)11-5-8-3-4-15-7-8/h1-2,8,11-12H,3-7H2. The molecule has 17 heavy (non-hydrogen) atoms. The minimum atomic E-state index is -3.39. The number of thiophene rings is 1. The average Bonchev–Trinajstić information content (AvgIpc) is 2.98. The zero-order valence-electron chi connectivity index (χ0n) is 9.26. The molecule has 7 heteroatoms. The van der Waals surface area contributed by atoms with Crippen LogP contribution in [-0.4, -0.2) is 31.6 Å². The van der Waals surface area contributed by atoms with Gasteiger partial charge in [-0.3, -0.25) is 0 Å². The lowest BCUT2D eigenvalue weighted by Gasteiger charge is -2.09. The number of aliphatic hydroxyl groups is 1. The van der Waals surface area contributed by atoms with Crippen LogP contribution in [0.5, 0.6) is 0 Å². The molecule has 96 valence electrons. The Kier molecular flexibility index (Phi) is 4.48. The summed E-state index contributed by atoms with van der Waals surface area (Å²) in [6.45, 7) is 0.404. The van der Waals surface area contributed by atoms with Gasteiger partial charge in [0.05, 0.1) is 6.61 Å². The molecule has 1 atom stereocenters. The van der Waals surface area contributed by atoms with Gasteiger partial charge in [0, 0.05) is 11.4 Å². The maximum absolute atomic E-state index is 11.9. The van der Waals surface area contributed by atoms with Crippen LogP contribution in [0.25, 0.3) is 0 Å². The third-order valence-corrected chi connectivity index (χ3v) is 6.86. The van der Waals surface area contributed by atoms with Crippen molar-refractivity contribution in [1.29, 1.82) is 0 Å². The van der Waals surface area contributed by atoms with Crippen LogP contribution in [0.2, 0.25) is 0 Å². The molecule has 0 aliphatic carbocycles. The Hall–Kier alpha value is -0.0800. The Morgan fingerprint density at radius 1 is 1.47 bits per heavy atom. The van der Waals surface area contributed by atoms with Gasteiger partial charge < -0.3 is 5.11 Å². The smallest absolute Gasteiger partial charge is 0.250 e. The zero-order chi connectivity index (χ0) is 12.3. The van der Waals surface area contributed by atoms with E-state index in [9.17, 15) is 8.42 Å². The van der Waals surface area contributed by atoms with Crippen molar-refractivity contribution >= 4 is 33.1 Å². The van der Waals surface area contributed by atoms with Crippen LogP contribution in [0.3, 0.4) is 0 Å². The summed E-state index contributed by atoms with van der Waals surface area (Å²) in [4.78, 5) is 0.668. The molecule has 4 nitrogen and oxygen atoms in total. The van der Waals surface area contributed by atoms with Gasteiger partial charge in [0.2, 0.25) is 10.0 Å². The van der Waals surface area contributed by atoms with E-state index < -0.39 is 10.0 Å². The summed E-state index contributed by atoms with van der Waals surface area (Å²) in [5.74, 6) is 2.61. The van der Waals surface area contributed by atoms with Gasteiger partial charge in [-0.05, 0) is 36.0 Å². The normalized spacial score (nSPS) is 20.9. The van der Waals surface area contributed by atoms with Gasteiger partial charge in [-0.15, -0.1) is 11.3 Å². The Morgan fingerprint density at radius 3 is 2.88 bits per heavy atom. The largest absolute Gasteiger partial charge is 0.391 e. The van der Waals surface area contributed by atoms with E-state index >= 15 is 0 Å². The van der Waals surface area contributed by atoms with Crippen molar-refractivity contribution in [2.75, 3.05) is 18.1 Å². The third kappa shape index (κ3) is 3.45. The lowest BCUT2D eigenvalue weighted by Crippen LogP contribution is -2.28. The summed E-state index contributed by atoms with van der Waals surface area (Å²) in [5, 5.41) is 8.91. The average molecular weight is 293 g/mol. The maximum Gasteiger partial charge on any atom is 0.250 e. The summed E-state index contributed by atoms with van der Waals surface area (Å²) in [6, 6.07) is 3.19. The number of aliphatic hydroxyl groups excluding tert-OH is 1. The van der Waals surface area contributed by atoms with Crippen LogP contribution in [0.4, 0.5) is 0 Å². The van der Waals surface area contributed by atoms with E-state index in [4.69, 9.17) is 5.11 Å². The van der Waals surface area contributed by atoms with Gasteiger partial charge >= 0.3 is 0 Å². The summed E-state index contributed by atoms with van der Waals surface area (Å²) >= 11 is 2.99. The first-order valence-corrected chi connectivity index (χ1v) is 8.84. The first-order chi connectivity index (χ1) is 8.12. The summed E-state index contributed by atoms with van der Waals surface area (Å²) in [6.07, 6.45) is 1.08. The minimum absolute atomic E-state index is 0.112. The third-order valence-electron chi connectivity index (χ3n) is 2.64. The van der Waals surface area contributed by atoms with Gasteiger partial charge in [-0.1, -0.05) is 0 Å². The quantitative estimate of drug-likeness (QED) is 0.858. The molecular formula is C10H15NO3S3. The Morgan fingerprint density at radius 2 is 2.29 bits per heavy atom. The second-order valence-electron chi connectivity index (χ2n) is 3.96. The van der Waals surface area contributed by atoms with Gasteiger partial charge in [0.25, 0.3) is 0 Å². The highest BCUT2D eigenvalue weighted by molar-refractivity contribution is 7.99. The fourth-order valence-corrected chi connectivity index (χ4v) is 5.29. The molecule has 1 aromatic rings. The number of hydrogen-bond acceptors (Lipinski definition) is 5. The second kappa shape index (κ2) is 5.71. The van der Waals surface area contributed by atoms with Crippen LogP contribution in [0, 0.1) is 5.92 Å². The van der Waals surface area contributed by atoms with E-state index in [2.05, 4.69) is 4.72 Å². The highest BCUT2D eigenvalue weighted by Crippen LogP contribution is 2.24. The number of rotatable bonds is 5. The molecule has 1 saturated heterocycles. The highest BCUT2D eigenvalue weighted by Gasteiger charge is 2.21. The molecule has 1 aromatic heterocycles. The molecule has 2 N–H and O–H groups in total. The molecule has 1 unspecified atom stereocenters. The number of thioether (sulfide) groups is 1. The lowest BCUT2D eigenvalue weighted by atomic mass is 10.1. The molecule has 0 amide bonds. The van der Waals surface area contributed by atoms with E-state index in [1.54, 1.807) is 12.1 Å². The van der Waals surface area contributed by atoms with Crippen molar-refractivity contribution in [3.8, 4) is 0 Å². The topological polar surface area (TPSA) is 66.4 Å². The first kappa shape index (κ1) is 13.4. The van der Waals surface area contributed by atoms with Crippen LogP contribution in [0.1, 0.15) is 11.3 Å². The second-order valence-corrected chi connectivity index (χ2v) is 8.27. The van der Waals surface area contributed by atoms with Crippen molar-refractivity contribution in [1.82, 2.24) is 4.72 Å². The van der Waals surface area contributed by atoms with Crippen LogP contribution >= 0.6 is 23.1 Å². The fraction of sp³-hybridized carbons (Fsp3) is 0.600. The Bertz CT molecular complexity index is 463. The maximum atomic E-state index is 11.9. The van der Waals surface area contributed by atoms with E-state index in [0.29, 0.717) is 17.3 Å². The molecule has 2 rings (SSSR count). The van der Waals surface area contributed by atoms with Gasteiger partial charge in [-0.2, -0.15) is 11.8 Å². The van der Waals surface area contributed by atoms with Crippen molar-refractivity contribution in [3.05, 3.63) is 17.0 Å². The first-order valence-electron chi connectivity index (χ1n) is 5.39. The number of sulfonamides is 1. The van der Waals surface area contributed by atoms with Crippen molar-refractivity contribution in [3.63, 3.8) is 0 Å².